The van der Waals surface area contributed by atoms with Crippen LogP contribution in [0.3, 0.4) is 0 Å². The number of hydrogen-bond donors (Lipinski definition) is 0. The molecule has 1 aromatic heterocycles. The summed E-state index contributed by atoms with van der Waals surface area (Å²) < 4.78 is 16.1. The largest absolute Gasteiger partial charge is 0.497 e. The predicted molar refractivity (Wildman–Crippen MR) is 107 cm³/mol. The number of esters is 1. The number of carbonyl (C=O) groups is 2. The van der Waals surface area contributed by atoms with Crippen LogP contribution in [0.15, 0.2) is 77.2 Å². The molecule has 6 nitrogen and oxygen atoms in total. The molecule has 0 aliphatic heterocycles. The van der Waals surface area contributed by atoms with E-state index in [9.17, 15) is 9.59 Å². The van der Waals surface area contributed by atoms with E-state index in [1.54, 1.807) is 54.6 Å². The zero-order valence-electron chi connectivity index (χ0n) is 15.6. The number of carbonyl (C=O) groups excluding carboxylic acids is 2. The van der Waals surface area contributed by atoms with E-state index < -0.39 is 5.97 Å². The van der Waals surface area contributed by atoms with E-state index in [0.717, 1.165) is 0 Å². The zero-order valence-corrected chi connectivity index (χ0v) is 15.6. The molecule has 4 aromatic rings. The van der Waals surface area contributed by atoms with Crippen molar-refractivity contribution in [1.82, 2.24) is 4.98 Å². The third kappa shape index (κ3) is 3.87. The van der Waals surface area contributed by atoms with Crippen molar-refractivity contribution in [3.05, 3.63) is 83.9 Å². The number of ketones is 1. The smallest absolute Gasteiger partial charge is 0.339 e. The van der Waals surface area contributed by atoms with Crippen LogP contribution in [0.1, 0.15) is 20.7 Å². The number of ether oxygens (including phenoxy) is 2. The van der Waals surface area contributed by atoms with Crippen molar-refractivity contribution in [2.24, 2.45) is 0 Å². The Balaban J connectivity index is 1.54. The molecule has 144 valence electrons. The summed E-state index contributed by atoms with van der Waals surface area (Å²) in [5, 5.41) is 0. The lowest BCUT2D eigenvalue weighted by atomic mass is 10.1. The van der Waals surface area contributed by atoms with Crippen molar-refractivity contribution >= 4 is 22.9 Å². The van der Waals surface area contributed by atoms with Gasteiger partial charge in [-0.2, -0.15) is 0 Å². The summed E-state index contributed by atoms with van der Waals surface area (Å²) >= 11 is 0. The molecule has 3 aromatic carbocycles. The molecule has 0 N–H and O–H groups in total. The van der Waals surface area contributed by atoms with Crippen LogP contribution in [-0.4, -0.2) is 30.5 Å². The molecule has 0 aliphatic rings. The van der Waals surface area contributed by atoms with Gasteiger partial charge in [-0.25, -0.2) is 9.78 Å². The molecule has 0 radical (unpaired) electrons. The normalized spacial score (nSPS) is 10.7. The van der Waals surface area contributed by atoms with Gasteiger partial charge >= 0.3 is 5.97 Å². The molecule has 0 unspecified atom stereocenters. The second-order valence-electron chi connectivity index (χ2n) is 6.26. The second-order valence-corrected chi connectivity index (χ2v) is 6.26. The van der Waals surface area contributed by atoms with E-state index in [2.05, 4.69) is 4.98 Å². The highest BCUT2D eigenvalue weighted by molar-refractivity contribution is 6.01. The highest BCUT2D eigenvalue weighted by atomic mass is 16.5. The van der Waals surface area contributed by atoms with E-state index in [-0.39, 0.29) is 18.0 Å². The first-order valence-corrected chi connectivity index (χ1v) is 8.95. The molecule has 0 atom stereocenters. The molecule has 0 saturated carbocycles. The van der Waals surface area contributed by atoms with E-state index in [1.165, 1.54) is 7.11 Å². The topological polar surface area (TPSA) is 78.6 Å². The zero-order chi connectivity index (χ0) is 20.2. The van der Waals surface area contributed by atoms with E-state index in [1.807, 2.05) is 18.2 Å². The van der Waals surface area contributed by atoms with Crippen LogP contribution >= 0.6 is 0 Å². The number of oxazole rings is 1. The maximum atomic E-state index is 12.6. The average molecular weight is 387 g/mol. The van der Waals surface area contributed by atoms with Gasteiger partial charge in [0, 0.05) is 5.56 Å². The van der Waals surface area contributed by atoms with Gasteiger partial charge in [0.05, 0.1) is 18.2 Å². The first kappa shape index (κ1) is 18.4. The number of para-hydroxylation sites is 2. The minimum absolute atomic E-state index is 0.275. The third-order valence-electron chi connectivity index (χ3n) is 4.40. The first-order valence-electron chi connectivity index (χ1n) is 8.95. The number of aromatic nitrogens is 1. The van der Waals surface area contributed by atoms with Crippen molar-refractivity contribution < 1.29 is 23.5 Å². The summed E-state index contributed by atoms with van der Waals surface area (Å²) in [7, 11) is 1.52. The fourth-order valence-electron chi connectivity index (χ4n) is 2.92. The van der Waals surface area contributed by atoms with E-state index in [4.69, 9.17) is 13.9 Å². The van der Waals surface area contributed by atoms with Gasteiger partial charge < -0.3 is 13.9 Å². The summed E-state index contributed by atoms with van der Waals surface area (Å²) in [6.07, 6.45) is 0. The van der Waals surface area contributed by atoms with E-state index in [0.29, 0.717) is 33.9 Å². The van der Waals surface area contributed by atoms with Gasteiger partial charge in [-0.3, -0.25) is 4.79 Å². The van der Waals surface area contributed by atoms with Gasteiger partial charge in [-0.1, -0.05) is 36.4 Å². The predicted octanol–water partition coefficient (Wildman–Crippen LogP) is 4.54. The molecule has 0 spiro atoms. The molecular weight excluding hydrogens is 370 g/mol. The lowest BCUT2D eigenvalue weighted by molar-refractivity contribution is 0.0475. The molecule has 1 heterocycles. The Morgan fingerprint density at radius 1 is 0.966 bits per heavy atom. The highest BCUT2D eigenvalue weighted by Gasteiger charge is 2.19. The van der Waals surface area contributed by atoms with Crippen molar-refractivity contribution in [1.29, 1.82) is 0 Å². The Hall–Kier alpha value is -3.93. The van der Waals surface area contributed by atoms with Crippen molar-refractivity contribution in [3.63, 3.8) is 0 Å². The van der Waals surface area contributed by atoms with Crippen LogP contribution in [0, 0.1) is 0 Å². The SMILES string of the molecule is COc1cccc(C(=O)COC(=O)c2ccccc2-c2nc3ccccc3o2)c1. The molecule has 29 heavy (non-hydrogen) atoms. The molecule has 0 aliphatic carbocycles. The highest BCUT2D eigenvalue weighted by Crippen LogP contribution is 2.27. The minimum Gasteiger partial charge on any atom is -0.497 e. The molecule has 0 saturated heterocycles. The standard InChI is InChI=1S/C23H17NO5/c1-27-16-8-6-7-15(13-16)20(25)14-28-23(26)18-10-3-2-9-17(18)22-24-19-11-4-5-12-21(19)29-22/h2-13H,14H2,1H3. The summed E-state index contributed by atoms with van der Waals surface area (Å²) in [6, 6.07) is 20.9. The van der Waals surface area contributed by atoms with Crippen LogP contribution in [0.5, 0.6) is 5.75 Å². The van der Waals surface area contributed by atoms with Crippen molar-refractivity contribution in [2.45, 2.75) is 0 Å². The number of Topliss-reactive ketones (excluding diaryl/α,β-unsaturated/α-hetero) is 1. The number of fused-ring (bicyclic) bond motifs is 1. The monoisotopic (exact) mass is 387 g/mol. The molecular formula is C23H17NO5. The number of hydrogen-bond acceptors (Lipinski definition) is 6. The first-order chi connectivity index (χ1) is 14.2. The maximum absolute atomic E-state index is 12.6. The third-order valence-corrected chi connectivity index (χ3v) is 4.40. The average Bonchev–Trinajstić information content (AvgIpc) is 3.21. The van der Waals surface area contributed by atoms with Crippen molar-refractivity contribution in [3.8, 4) is 17.2 Å². The van der Waals surface area contributed by atoms with Gasteiger partial charge in [-0.05, 0) is 36.4 Å². The van der Waals surface area contributed by atoms with Crippen LogP contribution in [-0.2, 0) is 4.74 Å². The minimum atomic E-state index is -0.626. The second kappa shape index (κ2) is 7.98. The van der Waals surface area contributed by atoms with Crippen LogP contribution in [0.25, 0.3) is 22.6 Å². The summed E-state index contributed by atoms with van der Waals surface area (Å²) in [6.45, 7) is -0.381. The number of benzene rings is 3. The fourth-order valence-corrected chi connectivity index (χ4v) is 2.92. The van der Waals surface area contributed by atoms with Gasteiger partial charge in [0.25, 0.3) is 0 Å². The molecule has 0 bridgehead atoms. The van der Waals surface area contributed by atoms with Gasteiger partial charge in [0.1, 0.15) is 11.3 Å². The molecule has 6 heteroatoms. The van der Waals surface area contributed by atoms with Crippen LogP contribution in [0.4, 0.5) is 0 Å². The number of nitrogens with zero attached hydrogens (tertiary/aromatic N) is 1. The summed E-state index contributed by atoms with van der Waals surface area (Å²) in [5.41, 5.74) is 2.50. The molecule has 0 amide bonds. The Morgan fingerprint density at radius 3 is 2.59 bits per heavy atom. The van der Waals surface area contributed by atoms with Gasteiger partial charge in [0.15, 0.2) is 18.0 Å². The molecule has 4 rings (SSSR count). The lowest BCUT2D eigenvalue weighted by Crippen LogP contribution is -2.15. The Bertz CT molecular complexity index is 1160. The quantitative estimate of drug-likeness (QED) is 0.357. The Labute approximate surface area is 166 Å². The fraction of sp³-hybridized carbons (Fsp3) is 0.0870. The summed E-state index contributed by atoms with van der Waals surface area (Å²) in [5.74, 6) is -0.0722. The number of methoxy groups -OCH3 is 1. The lowest BCUT2D eigenvalue weighted by Gasteiger charge is -2.08. The van der Waals surface area contributed by atoms with Gasteiger partial charge in [0.2, 0.25) is 5.89 Å². The Morgan fingerprint density at radius 2 is 1.76 bits per heavy atom. The van der Waals surface area contributed by atoms with Crippen molar-refractivity contribution in [2.75, 3.05) is 13.7 Å². The van der Waals surface area contributed by atoms with Gasteiger partial charge in [-0.15, -0.1) is 0 Å². The van der Waals surface area contributed by atoms with Crippen LogP contribution in [0.2, 0.25) is 0 Å². The number of rotatable bonds is 6. The molecule has 0 fully saturated rings. The maximum Gasteiger partial charge on any atom is 0.339 e. The van der Waals surface area contributed by atoms with E-state index >= 15 is 0 Å². The summed E-state index contributed by atoms with van der Waals surface area (Å²) in [4.78, 5) is 29.4. The van der Waals surface area contributed by atoms with Crippen LogP contribution < -0.4 is 4.74 Å². The Kier molecular flexibility index (Phi) is 5.07.